The first-order valence-electron chi connectivity index (χ1n) is 9.69. The third-order valence-electron chi connectivity index (χ3n) is 5.30. The number of carbonyl (C=O) groups excluding carboxylic acids is 1. The summed E-state index contributed by atoms with van der Waals surface area (Å²) in [5.41, 5.74) is -1.83. The number of halogens is 6. The van der Waals surface area contributed by atoms with Crippen LogP contribution in [0.1, 0.15) is 12.5 Å². The summed E-state index contributed by atoms with van der Waals surface area (Å²) < 4.78 is 106. The summed E-state index contributed by atoms with van der Waals surface area (Å²) in [6.45, 7) is 1.07. The molecule has 0 aliphatic carbocycles. The van der Waals surface area contributed by atoms with E-state index in [9.17, 15) is 39.6 Å². The molecule has 180 valence electrons. The highest BCUT2D eigenvalue weighted by atomic mass is 32.2. The van der Waals surface area contributed by atoms with E-state index in [1.807, 2.05) is 0 Å². The monoisotopic (exact) mass is 495 g/mol. The Morgan fingerprint density at radius 3 is 2.18 bits per heavy atom. The molecule has 0 bridgehead atoms. The zero-order valence-electron chi connectivity index (χ0n) is 17.2. The minimum absolute atomic E-state index is 0.00224. The van der Waals surface area contributed by atoms with Gasteiger partial charge in [-0.25, -0.2) is 21.6 Å². The van der Waals surface area contributed by atoms with Crippen LogP contribution in [0.5, 0.6) is 0 Å². The number of anilines is 1. The molecule has 1 amide bonds. The summed E-state index contributed by atoms with van der Waals surface area (Å²) in [5.74, 6) is -5.46. The van der Waals surface area contributed by atoms with Crippen molar-refractivity contribution < 1.29 is 39.6 Å². The van der Waals surface area contributed by atoms with E-state index < -0.39 is 61.7 Å². The number of rotatable bonds is 5. The molecular weight excluding hydrogens is 476 g/mol. The molecule has 1 atom stereocenters. The highest BCUT2D eigenvalue weighted by Crippen LogP contribution is 2.35. The second kappa shape index (κ2) is 9.31. The van der Waals surface area contributed by atoms with E-state index in [1.54, 1.807) is 0 Å². The number of sulfonamides is 1. The van der Waals surface area contributed by atoms with Crippen molar-refractivity contribution in [3.63, 3.8) is 0 Å². The molecule has 2 aromatic carbocycles. The lowest BCUT2D eigenvalue weighted by atomic mass is 10.2. The third kappa shape index (κ3) is 5.14. The predicted octanol–water partition coefficient (Wildman–Crippen LogP) is 3.46. The molecule has 0 radical (unpaired) electrons. The topological polar surface area (TPSA) is 69.7 Å². The largest absolute Gasteiger partial charge is 0.417 e. The highest BCUT2D eigenvalue weighted by molar-refractivity contribution is 7.89. The van der Waals surface area contributed by atoms with Crippen molar-refractivity contribution in [2.24, 2.45) is 0 Å². The molecule has 2 aromatic rings. The van der Waals surface area contributed by atoms with Gasteiger partial charge in [0, 0.05) is 26.2 Å². The van der Waals surface area contributed by atoms with Gasteiger partial charge in [-0.05, 0) is 31.2 Å². The Morgan fingerprint density at radius 1 is 0.970 bits per heavy atom. The van der Waals surface area contributed by atoms with Crippen molar-refractivity contribution >= 4 is 21.6 Å². The van der Waals surface area contributed by atoms with Crippen LogP contribution in [-0.2, 0) is 21.0 Å². The van der Waals surface area contributed by atoms with Crippen molar-refractivity contribution in [3.8, 4) is 0 Å². The molecule has 0 saturated carbocycles. The lowest BCUT2D eigenvalue weighted by molar-refractivity contribution is -0.140. The summed E-state index contributed by atoms with van der Waals surface area (Å²) in [6.07, 6.45) is -4.85. The molecule has 3 rings (SSSR count). The van der Waals surface area contributed by atoms with Gasteiger partial charge in [-0.1, -0.05) is 12.1 Å². The lowest BCUT2D eigenvalue weighted by Gasteiger charge is -2.37. The third-order valence-corrected chi connectivity index (χ3v) is 7.26. The minimum atomic E-state index is -4.85. The molecule has 1 saturated heterocycles. The Bertz CT molecular complexity index is 1150. The molecule has 13 heteroatoms. The fraction of sp³-hybridized carbons (Fsp3) is 0.350. The van der Waals surface area contributed by atoms with E-state index >= 15 is 0 Å². The standard InChI is InChI=1S/C20H19F6N3O3S/c1-12(19(30)27-15-7-6-14(21)17(22)18(15)23)28-8-10-29(11-9-28)33(31,32)16-5-3-2-4-13(16)20(24,25)26/h2-7,12H,8-11H2,1H3,(H,27,30). The molecule has 1 heterocycles. The van der Waals surface area contributed by atoms with E-state index in [0.717, 1.165) is 22.5 Å². The number of nitrogens with zero attached hydrogens (tertiary/aromatic N) is 2. The average Bonchev–Trinajstić information content (AvgIpc) is 2.78. The average molecular weight is 495 g/mol. The normalized spacial score (nSPS) is 17.1. The SMILES string of the molecule is CC(C(=O)Nc1ccc(F)c(F)c1F)N1CCN(S(=O)(=O)c2ccccc2C(F)(F)F)CC1. The maximum atomic E-state index is 13.8. The Hall–Kier alpha value is -2.64. The Labute approximate surface area is 185 Å². The zero-order chi connectivity index (χ0) is 24.6. The van der Waals surface area contributed by atoms with Gasteiger partial charge in [0.1, 0.15) is 0 Å². The van der Waals surface area contributed by atoms with Crippen molar-refractivity contribution in [1.82, 2.24) is 9.21 Å². The Balaban J connectivity index is 1.68. The number of hydrogen-bond acceptors (Lipinski definition) is 4. The fourth-order valence-electron chi connectivity index (χ4n) is 3.42. The molecule has 1 unspecified atom stereocenters. The summed E-state index contributed by atoms with van der Waals surface area (Å²) >= 11 is 0. The van der Waals surface area contributed by atoms with Crippen molar-refractivity contribution in [3.05, 3.63) is 59.4 Å². The van der Waals surface area contributed by atoms with E-state index in [4.69, 9.17) is 0 Å². The number of benzene rings is 2. The summed E-state index contributed by atoms with van der Waals surface area (Å²) in [4.78, 5) is 13.1. The number of alkyl halides is 3. The number of amides is 1. The fourth-order valence-corrected chi connectivity index (χ4v) is 5.06. The highest BCUT2D eigenvalue weighted by Gasteiger charge is 2.40. The van der Waals surface area contributed by atoms with Crippen LogP contribution in [0.4, 0.5) is 32.0 Å². The van der Waals surface area contributed by atoms with Gasteiger partial charge >= 0.3 is 6.18 Å². The molecule has 1 N–H and O–H groups in total. The van der Waals surface area contributed by atoms with Crippen LogP contribution in [0, 0.1) is 17.5 Å². The Kier molecular flexibility index (Phi) is 7.05. The summed E-state index contributed by atoms with van der Waals surface area (Å²) in [5, 5.41) is 2.15. The first-order valence-corrected chi connectivity index (χ1v) is 11.1. The molecule has 0 spiro atoms. The van der Waals surface area contributed by atoms with E-state index in [2.05, 4.69) is 5.32 Å². The van der Waals surface area contributed by atoms with E-state index in [-0.39, 0.29) is 26.2 Å². The molecule has 33 heavy (non-hydrogen) atoms. The van der Waals surface area contributed by atoms with Gasteiger partial charge in [0.25, 0.3) is 0 Å². The minimum Gasteiger partial charge on any atom is -0.322 e. The van der Waals surface area contributed by atoms with Crippen molar-refractivity contribution in [2.75, 3.05) is 31.5 Å². The van der Waals surface area contributed by atoms with Gasteiger partial charge in [-0.3, -0.25) is 9.69 Å². The molecule has 1 fully saturated rings. The van der Waals surface area contributed by atoms with Crippen LogP contribution >= 0.6 is 0 Å². The number of nitrogens with one attached hydrogen (secondary N) is 1. The number of hydrogen-bond donors (Lipinski definition) is 1. The predicted molar refractivity (Wildman–Crippen MR) is 106 cm³/mol. The van der Waals surface area contributed by atoms with Crippen molar-refractivity contribution in [2.45, 2.75) is 24.0 Å². The quantitative estimate of drug-likeness (QED) is 0.510. The smallest absolute Gasteiger partial charge is 0.322 e. The number of piperazine rings is 1. The van der Waals surface area contributed by atoms with Crippen molar-refractivity contribution in [1.29, 1.82) is 0 Å². The van der Waals surface area contributed by atoms with Crippen LogP contribution in [0.3, 0.4) is 0 Å². The van der Waals surface area contributed by atoms with Gasteiger partial charge in [-0.2, -0.15) is 17.5 Å². The maximum absolute atomic E-state index is 13.8. The Morgan fingerprint density at radius 2 is 1.58 bits per heavy atom. The lowest BCUT2D eigenvalue weighted by Crippen LogP contribution is -2.54. The van der Waals surface area contributed by atoms with E-state index in [1.165, 1.54) is 17.9 Å². The van der Waals surface area contributed by atoms with Crippen LogP contribution < -0.4 is 5.32 Å². The van der Waals surface area contributed by atoms with Crippen LogP contribution in [0.15, 0.2) is 41.3 Å². The van der Waals surface area contributed by atoms with Gasteiger partial charge in [-0.15, -0.1) is 0 Å². The second-order valence-electron chi connectivity index (χ2n) is 7.32. The van der Waals surface area contributed by atoms with Gasteiger partial charge in [0.2, 0.25) is 15.9 Å². The number of carbonyl (C=O) groups is 1. The molecule has 1 aliphatic rings. The summed E-state index contributed by atoms with van der Waals surface area (Å²) in [6, 6.07) is 4.47. The molecule has 1 aliphatic heterocycles. The first-order chi connectivity index (χ1) is 15.3. The van der Waals surface area contributed by atoms with Gasteiger partial charge < -0.3 is 5.32 Å². The van der Waals surface area contributed by atoms with Crippen LogP contribution in [-0.4, -0.2) is 55.8 Å². The van der Waals surface area contributed by atoms with E-state index in [0.29, 0.717) is 12.1 Å². The summed E-state index contributed by atoms with van der Waals surface area (Å²) in [7, 11) is -4.45. The molecule has 0 aromatic heterocycles. The zero-order valence-corrected chi connectivity index (χ0v) is 18.0. The van der Waals surface area contributed by atoms with Crippen LogP contribution in [0.2, 0.25) is 0 Å². The van der Waals surface area contributed by atoms with Crippen LogP contribution in [0.25, 0.3) is 0 Å². The van der Waals surface area contributed by atoms with Gasteiger partial charge in [0.05, 0.1) is 22.2 Å². The molecular formula is C20H19F6N3O3S. The maximum Gasteiger partial charge on any atom is 0.417 e. The second-order valence-corrected chi connectivity index (χ2v) is 9.23. The molecule has 6 nitrogen and oxygen atoms in total. The first kappa shape index (κ1) is 25.0. The van der Waals surface area contributed by atoms with Gasteiger partial charge in [0.15, 0.2) is 17.5 Å².